The minimum absolute atomic E-state index is 0.310. The first-order valence-electron chi connectivity index (χ1n) is 11.7. The van der Waals surface area contributed by atoms with Gasteiger partial charge in [-0.3, -0.25) is 5.32 Å². The first-order valence-corrected chi connectivity index (χ1v) is 14.1. The molecule has 0 aromatic carbocycles. The van der Waals surface area contributed by atoms with Crippen molar-refractivity contribution in [3.05, 3.63) is 35.8 Å². The zero-order valence-electron chi connectivity index (χ0n) is 19.8. The second-order valence-electron chi connectivity index (χ2n) is 9.94. The Morgan fingerprint density at radius 1 is 1.15 bits per heavy atom. The van der Waals surface area contributed by atoms with Gasteiger partial charge in [0.1, 0.15) is 10.6 Å². The predicted molar refractivity (Wildman–Crippen MR) is 139 cm³/mol. The molecule has 9 heteroatoms. The molecule has 0 saturated heterocycles. The van der Waals surface area contributed by atoms with Crippen LogP contribution in [0.5, 0.6) is 0 Å². The van der Waals surface area contributed by atoms with Gasteiger partial charge in [0.2, 0.25) is 0 Å². The number of carbonyl (C=O) groups is 1. The number of thiophene rings is 2. The molecule has 0 radical (unpaired) electrons. The van der Waals surface area contributed by atoms with Gasteiger partial charge in [-0.1, -0.05) is 6.42 Å². The van der Waals surface area contributed by atoms with E-state index in [1.165, 1.54) is 27.3 Å². The fourth-order valence-electron chi connectivity index (χ4n) is 4.50. The third kappa shape index (κ3) is 6.00. The Balaban J connectivity index is 1.50. The van der Waals surface area contributed by atoms with Gasteiger partial charge < -0.3 is 20.1 Å². The lowest BCUT2D eigenvalue weighted by Gasteiger charge is -2.23. The molecule has 2 aliphatic rings. The largest absolute Gasteiger partial charge is 0.456 e. The van der Waals surface area contributed by atoms with Crippen LogP contribution in [-0.2, 0) is 37.1 Å². The summed E-state index contributed by atoms with van der Waals surface area (Å²) < 4.78 is 6.86. The number of nitrogens with one attached hydrogen (secondary N) is 2. The topological polar surface area (TPSA) is 73.8 Å². The average Bonchev–Trinajstić information content (AvgIpc) is 3.10. The number of rotatable bonds is 6. The number of ether oxygens (including phenoxy) is 1. The molecule has 33 heavy (non-hydrogen) atoms. The molecule has 0 saturated carbocycles. The van der Waals surface area contributed by atoms with Gasteiger partial charge >= 0.3 is 5.97 Å². The van der Waals surface area contributed by atoms with E-state index in [0.717, 1.165) is 54.5 Å². The second-order valence-corrected chi connectivity index (χ2v) is 13.5. The van der Waals surface area contributed by atoms with Crippen molar-refractivity contribution in [3.8, 4) is 0 Å². The predicted octanol–water partition coefficient (Wildman–Crippen LogP) is 5.26. The van der Waals surface area contributed by atoms with Crippen LogP contribution in [0.25, 0.3) is 0 Å². The fourth-order valence-corrected chi connectivity index (χ4v) is 7.94. The Labute approximate surface area is 212 Å². The summed E-state index contributed by atoms with van der Waals surface area (Å²) >= 11 is 7.08. The van der Waals surface area contributed by atoms with E-state index in [1.807, 2.05) is 20.8 Å². The smallest absolute Gasteiger partial charge is 0.341 e. The Kier molecular flexibility index (Phi) is 7.87. The zero-order valence-corrected chi connectivity index (χ0v) is 23.1. The van der Waals surface area contributed by atoms with E-state index in [0.29, 0.717) is 17.1 Å². The molecule has 6 nitrogen and oxygen atoms in total. The number of halogens is 1. The van der Waals surface area contributed by atoms with E-state index in [4.69, 9.17) is 4.74 Å². The van der Waals surface area contributed by atoms with E-state index < -0.39 is 12.0 Å². The molecule has 3 N–H and O–H groups in total. The Morgan fingerprint density at radius 3 is 2.67 bits per heavy atom. The standard InChI is InChI=1S/C24H34BrN3O3S2/c1-24(2,3)31-22(29)19-15-8-6-5-7-9-17(15)33-21(19)27-23(30)26-12-16-14-10-11-28(4)13-18(14)32-20(16)25/h23,26-27,30H,5-13H2,1-4H3. The number of aliphatic hydroxyl groups excluding tert-OH is 1. The van der Waals surface area contributed by atoms with E-state index in [9.17, 15) is 9.90 Å². The molecule has 2 aromatic rings. The molecule has 0 spiro atoms. The summed E-state index contributed by atoms with van der Waals surface area (Å²) in [6, 6.07) is 0. The summed E-state index contributed by atoms with van der Waals surface area (Å²) in [5, 5.41) is 17.9. The fraction of sp³-hybridized carbons (Fsp3) is 0.625. The normalized spacial score (nSPS) is 17.8. The summed E-state index contributed by atoms with van der Waals surface area (Å²) in [7, 11) is 2.15. The molecular formula is C24H34BrN3O3S2. The molecule has 0 bridgehead atoms. The first kappa shape index (κ1) is 25.1. The van der Waals surface area contributed by atoms with Crippen LogP contribution in [0.4, 0.5) is 5.00 Å². The van der Waals surface area contributed by atoms with Crippen LogP contribution in [0, 0.1) is 0 Å². The Morgan fingerprint density at radius 2 is 1.91 bits per heavy atom. The monoisotopic (exact) mass is 555 g/mol. The van der Waals surface area contributed by atoms with Gasteiger partial charge in [0.25, 0.3) is 0 Å². The van der Waals surface area contributed by atoms with Crippen molar-refractivity contribution in [3.63, 3.8) is 0 Å². The van der Waals surface area contributed by atoms with E-state index >= 15 is 0 Å². The lowest BCUT2D eigenvalue weighted by molar-refractivity contribution is 0.00698. The molecule has 1 aliphatic carbocycles. The minimum Gasteiger partial charge on any atom is -0.456 e. The molecule has 3 heterocycles. The van der Waals surface area contributed by atoms with E-state index in [1.54, 1.807) is 22.7 Å². The lowest BCUT2D eigenvalue weighted by atomic mass is 10.0. The first-order chi connectivity index (χ1) is 15.6. The number of aliphatic hydroxyl groups is 1. The molecule has 182 valence electrons. The summed E-state index contributed by atoms with van der Waals surface area (Å²) in [6.07, 6.45) is 5.30. The maximum atomic E-state index is 13.1. The van der Waals surface area contributed by atoms with Crippen LogP contribution in [0.15, 0.2) is 3.79 Å². The van der Waals surface area contributed by atoms with Crippen molar-refractivity contribution in [1.29, 1.82) is 0 Å². The molecule has 1 unspecified atom stereocenters. The van der Waals surface area contributed by atoms with Crippen LogP contribution < -0.4 is 10.6 Å². The molecular weight excluding hydrogens is 522 g/mol. The SMILES string of the molecule is CN1CCc2c(sc(Br)c2CNC(O)Nc2sc3c(c2C(=O)OC(C)(C)C)CCCCC3)C1. The number of hydrogen-bond donors (Lipinski definition) is 3. The maximum absolute atomic E-state index is 13.1. The summed E-state index contributed by atoms with van der Waals surface area (Å²) in [5.74, 6) is -0.310. The lowest BCUT2D eigenvalue weighted by Crippen LogP contribution is -2.36. The molecule has 1 aliphatic heterocycles. The van der Waals surface area contributed by atoms with E-state index in [-0.39, 0.29) is 5.97 Å². The van der Waals surface area contributed by atoms with Gasteiger partial charge in [0, 0.05) is 29.4 Å². The zero-order chi connectivity index (χ0) is 23.8. The number of aryl methyl sites for hydroxylation is 1. The minimum atomic E-state index is -0.970. The van der Waals surface area contributed by atoms with Crippen LogP contribution in [-0.4, -0.2) is 41.5 Å². The quantitative estimate of drug-likeness (QED) is 0.256. The number of likely N-dealkylation sites (N-methyl/N-ethyl adjacent to an activating group) is 1. The molecule has 4 rings (SSSR count). The van der Waals surface area contributed by atoms with Crippen molar-refractivity contribution in [2.75, 3.05) is 18.9 Å². The summed E-state index contributed by atoms with van der Waals surface area (Å²) in [5.41, 5.74) is 3.74. The Hall–Kier alpha value is -0.970. The van der Waals surface area contributed by atoms with E-state index in [2.05, 4.69) is 38.5 Å². The molecule has 2 aromatic heterocycles. The highest BCUT2D eigenvalue weighted by Gasteiger charge is 2.29. The van der Waals surface area contributed by atoms with Crippen LogP contribution in [0.1, 0.15) is 76.8 Å². The molecule has 1 atom stereocenters. The van der Waals surface area contributed by atoms with Crippen molar-refractivity contribution >= 4 is 49.6 Å². The van der Waals surface area contributed by atoms with Gasteiger partial charge in [-0.15, -0.1) is 22.7 Å². The maximum Gasteiger partial charge on any atom is 0.341 e. The highest BCUT2D eigenvalue weighted by Crippen LogP contribution is 2.39. The van der Waals surface area contributed by atoms with Crippen molar-refractivity contribution < 1.29 is 14.6 Å². The van der Waals surface area contributed by atoms with Gasteiger partial charge in [0.15, 0.2) is 6.35 Å². The number of hydrogen-bond acceptors (Lipinski definition) is 8. The molecule has 0 fully saturated rings. The van der Waals surface area contributed by atoms with Gasteiger partial charge in [-0.25, -0.2) is 4.79 Å². The summed E-state index contributed by atoms with van der Waals surface area (Å²) in [4.78, 5) is 18.1. The third-order valence-electron chi connectivity index (χ3n) is 6.07. The van der Waals surface area contributed by atoms with Crippen LogP contribution in [0.2, 0.25) is 0 Å². The third-order valence-corrected chi connectivity index (χ3v) is 9.31. The van der Waals surface area contributed by atoms with Crippen molar-refractivity contribution in [1.82, 2.24) is 10.2 Å². The number of anilines is 1. The number of carbonyl (C=O) groups excluding carboxylic acids is 1. The van der Waals surface area contributed by atoms with Crippen LogP contribution >= 0.6 is 38.6 Å². The van der Waals surface area contributed by atoms with Gasteiger partial charge in [0.05, 0.1) is 9.35 Å². The highest BCUT2D eigenvalue weighted by molar-refractivity contribution is 9.11. The molecule has 0 amide bonds. The van der Waals surface area contributed by atoms with Gasteiger partial charge in [-0.2, -0.15) is 0 Å². The number of nitrogens with zero attached hydrogens (tertiary/aromatic N) is 1. The average molecular weight is 557 g/mol. The highest BCUT2D eigenvalue weighted by atomic mass is 79.9. The second kappa shape index (κ2) is 10.3. The van der Waals surface area contributed by atoms with Crippen LogP contribution in [0.3, 0.4) is 0 Å². The number of esters is 1. The number of fused-ring (bicyclic) bond motifs is 2. The van der Waals surface area contributed by atoms with Crippen molar-refractivity contribution in [2.24, 2.45) is 0 Å². The van der Waals surface area contributed by atoms with Crippen molar-refractivity contribution in [2.45, 2.75) is 84.3 Å². The van der Waals surface area contributed by atoms with Gasteiger partial charge in [-0.05, 0) is 92.5 Å². The summed E-state index contributed by atoms with van der Waals surface area (Å²) in [6.45, 7) is 8.23. The Bertz CT molecular complexity index is 1010.